The summed E-state index contributed by atoms with van der Waals surface area (Å²) in [6.45, 7) is 2.33. The van der Waals surface area contributed by atoms with Gasteiger partial charge in [0.05, 0.1) is 0 Å². The maximum atomic E-state index is 12.2. The highest BCUT2D eigenvalue weighted by atomic mass is 32.2. The van der Waals surface area contributed by atoms with Gasteiger partial charge in [-0.2, -0.15) is 12.7 Å². The van der Waals surface area contributed by atoms with E-state index in [4.69, 9.17) is 0 Å². The topological polar surface area (TPSA) is 54.3 Å². The second-order valence-corrected chi connectivity index (χ2v) is 7.18. The number of nitrogens with one attached hydrogen (secondary N) is 1. The number of fused-ring (bicyclic) bond motifs is 1. The van der Waals surface area contributed by atoms with Crippen LogP contribution in [0.15, 0.2) is 36.5 Å². The number of piperidine rings is 1. The van der Waals surface area contributed by atoms with Crippen molar-refractivity contribution in [1.82, 2.24) is 13.6 Å². The van der Waals surface area contributed by atoms with E-state index in [1.165, 1.54) is 5.39 Å². The molecule has 0 aliphatic carbocycles. The predicted molar refractivity (Wildman–Crippen MR) is 84.3 cm³/mol. The normalized spacial score (nSPS) is 17.3. The molecule has 0 unspecified atom stereocenters. The van der Waals surface area contributed by atoms with E-state index in [9.17, 15) is 8.42 Å². The highest BCUT2D eigenvalue weighted by Gasteiger charge is 2.22. The van der Waals surface area contributed by atoms with Gasteiger partial charge in [0.1, 0.15) is 0 Å². The Labute approximate surface area is 125 Å². The van der Waals surface area contributed by atoms with Gasteiger partial charge in [-0.1, -0.05) is 24.6 Å². The standard InChI is InChI=1S/C15H21N3O2S/c19-21(20,18-10-4-1-5-11-18)16-9-13-17-12-8-14-6-2-3-7-15(14)17/h2-3,6-8,12,16H,1,4-5,9-11,13H2. The minimum atomic E-state index is -3.32. The van der Waals surface area contributed by atoms with Crippen LogP contribution >= 0.6 is 0 Å². The molecule has 114 valence electrons. The Balaban J connectivity index is 1.60. The van der Waals surface area contributed by atoms with Gasteiger partial charge in [-0.3, -0.25) is 0 Å². The third-order valence-electron chi connectivity index (χ3n) is 3.97. The first-order chi connectivity index (χ1) is 10.2. The van der Waals surface area contributed by atoms with Gasteiger partial charge >= 0.3 is 0 Å². The SMILES string of the molecule is O=S(=O)(NCCn1ccc2ccccc21)N1CCCCC1. The number of nitrogens with zero attached hydrogens (tertiary/aromatic N) is 2. The van der Waals surface area contributed by atoms with E-state index < -0.39 is 10.2 Å². The Bertz CT molecular complexity index is 703. The number of aromatic nitrogens is 1. The molecule has 1 aromatic carbocycles. The lowest BCUT2D eigenvalue weighted by atomic mass is 10.2. The zero-order chi connectivity index (χ0) is 14.7. The summed E-state index contributed by atoms with van der Waals surface area (Å²) in [5.41, 5.74) is 1.13. The van der Waals surface area contributed by atoms with Crippen LogP contribution in [0.5, 0.6) is 0 Å². The Kier molecular flexibility index (Phi) is 4.28. The predicted octanol–water partition coefficient (Wildman–Crippen LogP) is 1.96. The van der Waals surface area contributed by atoms with Gasteiger partial charge in [-0.15, -0.1) is 0 Å². The average molecular weight is 307 g/mol. The molecule has 3 rings (SSSR count). The summed E-state index contributed by atoms with van der Waals surface area (Å²) >= 11 is 0. The first-order valence-electron chi connectivity index (χ1n) is 7.45. The number of hydrogen-bond acceptors (Lipinski definition) is 2. The number of para-hydroxylation sites is 1. The van der Waals surface area contributed by atoms with Crippen LogP contribution in [0.1, 0.15) is 19.3 Å². The van der Waals surface area contributed by atoms with Gasteiger partial charge in [-0.05, 0) is 30.4 Å². The van der Waals surface area contributed by atoms with Crippen LogP contribution in [0.25, 0.3) is 10.9 Å². The summed E-state index contributed by atoms with van der Waals surface area (Å²) in [4.78, 5) is 0. The van der Waals surface area contributed by atoms with E-state index >= 15 is 0 Å². The van der Waals surface area contributed by atoms with Crippen molar-refractivity contribution in [2.75, 3.05) is 19.6 Å². The molecule has 1 aliphatic heterocycles. The van der Waals surface area contributed by atoms with Crippen LogP contribution in [0.2, 0.25) is 0 Å². The van der Waals surface area contributed by atoms with Crippen LogP contribution in [-0.2, 0) is 16.8 Å². The average Bonchev–Trinajstić information content (AvgIpc) is 2.92. The Morgan fingerprint density at radius 1 is 1.05 bits per heavy atom. The third-order valence-corrected chi connectivity index (χ3v) is 5.59. The van der Waals surface area contributed by atoms with Gasteiger partial charge in [0.15, 0.2) is 0 Å². The molecule has 0 atom stereocenters. The van der Waals surface area contributed by atoms with E-state index in [1.807, 2.05) is 18.3 Å². The summed E-state index contributed by atoms with van der Waals surface area (Å²) in [6, 6.07) is 10.2. The maximum Gasteiger partial charge on any atom is 0.279 e. The molecule has 0 amide bonds. The van der Waals surface area contributed by atoms with Gasteiger partial charge < -0.3 is 4.57 Å². The molecule has 0 radical (unpaired) electrons. The molecule has 1 N–H and O–H groups in total. The van der Waals surface area contributed by atoms with Crippen LogP contribution in [-0.4, -0.2) is 36.9 Å². The van der Waals surface area contributed by atoms with Crippen LogP contribution < -0.4 is 4.72 Å². The van der Waals surface area contributed by atoms with Gasteiger partial charge in [-0.25, -0.2) is 4.72 Å². The van der Waals surface area contributed by atoms with Crippen molar-refractivity contribution in [3.8, 4) is 0 Å². The molecule has 2 heterocycles. The van der Waals surface area contributed by atoms with E-state index in [0.717, 1.165) is 24.8 Å². The van der Waals surface area contributed by atoms with Crippen LogP contribution in [0, 0.1) is 0 Å². The minimum Gasteiger partial charge on any atom is -0.346 e. The fourth-order valence-corrected chi connectivity index (χ4v) is 4.10. The van der Waals surface area contributed by atoms with Gasteiger partial charge in [0.2, 0.25) is 0 Å². The maximum absolute atomic E-state index is 12.2. The van der Waals surface area contributed by atoms with E-state index in [-0.39, 0.29) is 0 Å². The summed E-state index contributed by atoms with van der Waals surface area (Å²) in [5, 5.41) is 1.18. The molecular weight excluding hydrogens is 286 g/mol. The van der Waals surface area contributed by atoms with Crippen LogP contribution in [0.3, 0.4) is 0 Å². The Morgan fingerprint density at radius 3 is 2.62 bits per heavy atom. The quantitative estimate of drug-likeness (QED) is 0.918. The van der Waals surface area contributed by atoms with Crippen molar-refractivity contribution in [2.24, 2.45) is 0 Å². The summed E-state index contributed by atoms with van der Waals surface area (Å²) in [6.07, 6.45) is 5.05. The van der Waals surface area contributed by atoms with E-state index in [1.54, 1.807) is 4.31 Å². The fourth-order valence-electron chi connectivity index (χ4n) is 2.83. The lowest BCUT2D eigenvalue weighted by molar-refractivity contribution is 0.341. The number of hydrogen-bond donors (Lipinski definition) is 1. The van der Waals surface area contributed by atoms with Crippen molar-refractivity contribution in [1.29, 1.82) is 0 Å². The van der Waals surface area contributed by atoms with Crippen molar-refractivity contribution >= 4 is 21.1 Å². The van der Waals surface area contributed by atoms with E-state index in [0.29, 0.717) is 26.2 Å². The molecule has 1 aliphatic rings. The van der Waals surface area contributed by atoms with Crippen molar-refractivity contribution in [2.45, 2.75) is 25.8 Å². The largest absolute Gasteiger partial charge is 0.346 e. The van der Waals surface area contributed by atoms with Gasteiger partial charge in [0.25, 0.3) is 10.2 Å². The highest BCUT2D eigenvalue weighted by molar-refractivity contribution is 7.87. The number of benzene rings is 1. The van der Waals surface area contributed by atoms with Crippen LogP contribution in [0.4, 0.5) is 0 Å². The molecule has 5 nitrogen and oxygen atoms in total. The molecule has 1 fully saturated rings. The second kappa shape index (κ2) is 6.17. The first-order valence-corrected chi connectivity index (χ1v) is 8.89. The Morgan fingerprint density at radius 2 is 1.81 bits per heavy atom. The fraction of sp³-hybridized carbons (Fsp3) is 0.467. The molecule has 2 aromatic rings. The number of rotatable bonds is 5. The molecule has 0 spiro atoms. The molecule has 6 heteroatoms. The lowest BCUT2D eigenvalue weighted by Crippen LogP contribution is -2.44. The minimum absolute atomic E-state index is 0.414. The molecular formula is C15H21N3O2S. The summed E-state index contributed by atoms with van der Waals surface area (Å²) in [5.74, 6) is 0. The van der Waals surface area contributed by atoms with Gasteiger partial charge in [0, 0.05) is 37.9 Å². The highest BCUT2D eigenvalue weighted by Crippen LogP contribution is 2.15. The molecule has 0 bridgehead atoms. The summed E-state index contributed by atoms with van der Waals surface area (Å²) < 4.78 is 30.7. The smallest absolute Gasteiger partial charge is 0.279 e. The molecule has 0 saturated carbocycles. The monoisotopic (exact) mass is 307 g/mol. The van der Waals surface area contributed by atoms with Crippen molar-refractivity contribution in [3.63, 3.8) is 0 Å². The Hall–Kier alpha value is -1.37. The molecule has 1 aromatic heterocycles. The molecule has 21 heavy (non-hydrogen) atoms. The lowest BCUT2D eigenvalue weighted by Gasteiger charge is -2.25. The van der Waals surface area contributed by atoms with Crippen molar-refractivity contribution < 1.29 is 8.42 Å². The zero-order valence-corrected chi connectivity index (χ0v) is 12.8. The van der Waals surface area contributed by atoms with E-state index in [2.05, 4.69) is 27.5 Å². The first kappa shape index (κ1) is 14.6. The zero-order valence-electron chi connectivity index (χ0n) is 12.0. The second-order valence-electron chi connectivity index (χ2n) is 5.43. The molecule has 1 saturated heterocycles. The van der Waals surface area contributed by atoms with Crippen molar-refractivity contribution in [3.05, 3.63) is 36.5 Å². The summed E-state index contributed by atoms with van der Waals surface area (Å²) in [7, 11) is -3.32. The third kappa shape index (κ3) is 3.28.